The molecule has 0 aliphatic heterocycles. The van der Waals surface area contributed by atoms with Crippen LogP contribution in [-0.4, -0.2) is 105 Å². The van der Waals surface area contributed by atoms with Gasteiger partial charge in [0.2, 0.25) is 0 Å². The molecule has 0 aliphatic carbocycles. The molecule has 0 aromatic rings. The molecular weight excluding hydrogens is 420 g/mol. The number of nitrogens with zero attached hydrogens (tertiary/aromatic N) is 2. The van der Waals surface area contributed by atoms with Crippen molar-refractivity contribution in [3.05, 3.63) is 0 Å². The standard InChI is InChI=1S/C17H37NO4S.C5H11NO2/c1-4-5-6-7-8-9-10-11-12-13-14-18(2,3)15-17(19)16-23(20,21)22;1-6(2,3)4-5(7)8/h17,19H,4-16H2,1-3H3;4H2,1-3H3/p+2. The SMILES string of the molecule is CCCCCCCCCCCC[N+](C)(C)CC(O)CS(=O)(=O)O.C[N+](C)(C)CC(=O)O. The third-order valence-electron chi connectivity index (χ3n) is 4.83. The van der Waals surface area contributed by atoms with Crippen molar-refractivity contribution in [3.63, 3.8) is 0 Å². The molecule has 1 atom stereocenters. The van der Waals surface area contributed by atoms with Crippen LogP contribution in [0.1, 0.15) is 71.1 Å². The van der Waals surface area contributed by atoms with Gasteiger partial charge in [-0.15, -0.1) is 0 Å². The predicted molar refractivity (Wildman–Crippen MR) is 127 cm³/mol. The third kappa shape index (κ3) is 29.3. The van der Waals surface area contributed by atoms with E-state index in [0.717, 1.165) is 13.0 Å². The van der Waals surface area contributed by atoms with E-state index in [9.17, 15) is 18.3 Å². The number of carboxylic acids is 1. The maximum Gasteiger partial charge on any atom is 0.359 e. The second-order valence-electron chi connectivity index (χ2n) is 10.3. The number of likely N-dealkylation sites (N-methyl/N-ethyl adjacent to an activating group) is 2. The van der Waals surface area contributed by atoms with Crippen LogP contribution in [0.5, 0.6) is 0 Å². The number of hydrogen-bond acceptors (Lipinski definition) is 4. The highest BCUT2D eigenvalue weighted by Crippen LogP contribution is 2.12. The predicted octanol–water partition coefficient (Wildman–Crippen LogP) is 3.01. The lowest BCUT2D eigenvalue weighted by atomic mass is 10.1. The zero-order valence-corrected chi connectivity index (χ0v) is 21.7. The Morgan fingerprint density at radius 2 is 1.26 bits per heavy atom. The van der Waals surface area contributed by atoms with E-state index in [1.165, 1.54) is 57.8 Å². The van der Waals surface area contributed by atoms with E-state index in [0.29, 0.717) is 15.5 Å². The summed E-state index contributed by atoms with van der Waals surface area (Å²) in [5.41, 5.74) is 0. The van der Waals surface area contributed by atoms with Crippen molar-refractivity contribution >= 4 is 16.1 Å². The number of aliphatic carboxylic acids is 1. The Kier molecular flexibility index (Phi) is 17.6. The maximum atomic E-state index is 10.8. The molecule has 0 aliphatic rings. The summed E-state index contributed by atoms with van der Waals surface area (Å²) in [5, 5.41) is 18.0. The Balaban J connectivity index is 0. The summed E-state index contributed by atoms with van der Waals surface area (Å²) >= 11 is 0. The molecular formula is C22H50N2O6S+2. The monoisotopic (exact) mass is 470 g/mol. The van der Waals surface area contributed by atoms with Gasteiger partial charge in [-0.3, -0.25) is 4.55 Å². The minimum absolute atomic E-state index is 0.181. The zero-order valence-electron chi connectivity index (χ0n) is 20.8. The number of unbranched alkanes of at least 4 members (excludes halogenated alkanes) is 9. The summed E-state index contributed by atoms with van der Waals surface area (Å²) in [6, 6.07) is 0. The Bertz CT molecular complexity index is 559. The lowest BCUT2D eigenvalue weighted by Crippen LogP contribution is -2.47. The Morgan fingerprint density at radius 1 is 0.839 bits per heavy atom. The van der Waals surface area contributed by atoms with Crippen molar-refractivity contribution in [2.24, 2.45) is 0 Å². The normalized spacial score (nSPS) is 13.4. The number of carbonyl (C=O) groups is 1. The second kappa shape index (κ2) is 16.8. The van der Waals surface area contributed by atoms with Gasteiger partial charge < -0.3 is 19.2 Å². The molecule has 0 spiro atoms. The van der Waals surface area contributed by atoms with Gasteiger partial charge in [-0.25, -0.2) is 4.79 Å². The first-order valence-electron chi connectivity index (χ1n) is 11.6. The highest BCUT2D eigenvalue weighted by atomic mass is 32.2. The molecule has 0 saturated heterocycles. The molecule has 0 aromatic heterocycles. The summed E-state index contributed by atoms with van der Waals surface area (Å²) in [4.78, 5) is 10.00. The van der Waals surface area contributed by atoms with E-state index in [1.807, 2.05) is 35.2 Å². The van der Waals surface area contributed by atoms with Crippen molar-refractivity contribution in [1.82, 2.24) is 0 Å². The van der Waals surface area contributed by atoms with Crippen LogP contribution in [0.25, 0.3) is 0 Å². The number of quaternary nitrogens is 2. The van der Waals surface area contributed by atoms with Crippen molar-refractivity contribution in [2.75, 3.05) is 60.6 Å². The van der Waals surface area contributed by atoms with Crippen molar-refractivity contribution < 1.29 is 36.9 Å². The lowest BCUT2D eigenvalue weighted by Gasteiger charge is -2.31. The topological polar surface area (TPSA) is 112 Å². The Morgan fingerprint density at radius 3 is 1.58 bits per heavy atom. The quantitative estimate of drug-likeness (QED) is 0.171. The van der Waals surface area contributed by atoms with Gasteiger partial charge in [0.05, 0.1) is 41.8 Å². The molecule has 9 heteroatoms. The second-order valence-corrected chi connectivity index (χ2v) is 11.8. The first kappa shape index (κ1) is 32.4. The van der Waals surface area contributed by atoms with Crippen LogP contribution in [0, 0.1) is 0 Å². The molecule has 0 bridgehead atoms. The van der Waals surface area contributed by atoms with E-state index >= 15 is 0 Å². The number of rotatable bonds is 17. The molecule has 3 N–H and O–H groups in total. The van der Waals surface area contributed by atoms with Crippen molar-refractivity contribution in [1.29, 1.82) is 0 Å². The van der Waals surface area contributed by atoms with Crippen molar-refractivity contribution in [3.8, 4) is 0 Å². The Labute approximate surface area is 191 Å². The van der Waals surface area contributed by atoms with Gasteiger partial charge in [0.15, 0.2) is 6.54 Å². The number of aliphatic hydroxyl groups is 1. The van der Waals surface area contributed by atoms with E-state index < -0.39 is 27.9 Å². The minimum atomic E-state index is -4.10. The summed E-state index contributed by atoms with van der Waals surface area (Å²) < 4.78 is 31.3. The number of aliphatic hydroxyl groups excluding tert-OH is 1. The van der Waals surface area contributed by atoms with Gasteiger partial charge in [-0.2, -0.15) is 8.42 Å². The summed E-state index contributed by atoms with van der Waals surface area (Å²) in [6.07, 6.45) is 11.9. The molecule has 0 heterocycles. The maximum absolute atomic E-state index is 10.8. The Hall–Kier alpha value is -0.740. The summed E-state index contributed by atoms with van der Waals surface area (Å²) in [6.45, 7) is 3.68. The highest BCUT2D eigenvalue weighted by molar-refractivity contribution is 7.85. The first-order chi connectivity index (χ1) is 14.1. The van der Waals surface area contributed by atoms with Crippen LogP contribution in [0.15, 0.2) is 0 Å². The summed E-state index contributed by atoms with van der Waals surface area (Å²) in [7, 11) is 5.40. The molecule has 31 heavy (non-hydrogen) atoms. The largest absolute Gasteiger partial charge is 0.477 e. The smallest absolute Gasteiger partial charge is 0.359 e. The molecule has 0 fully saturated rings. The molecule has 8 nitrogen and oxygen atoms in total. The fourth-order valence-electron chi connectivity index (χ4n) is 3.39. The third-order valence-corrected chi connectivity index (χ3v) is 5.64. The van der Waals surface area contributed by atoms with Crippen LogP contribution in [0.3, 0.4) is 0 Å². The van der Waals surface area contributed by atoms with Crippen LogP contribution in [0.2, 0.25) is 0 Å². The molecule has 188 valence electrons. The summed E-state index contributed by atoms with van der Waals surface area (Å²) in [5.74, 6) is -1.33. The van der Waals surface area contributed by atoms with E-state index in [1.54, 1.807) is 0 Å². The van der Waals surface area contributed by atoms with Crippen LogP contribution >= 0.6 is 0 Å². The van der Waals surface area contributed by atoms with E-state index in [2.05, 4.69) is 6.92 Å². The molecule has 0 radical (unpaired) electrons. The van der Waals surface area contributed by atoms with E-state index in [-0.39, 0.29) is 6.54 Å². The zero-order chi connectivity index (χ0) is 24.6. The molecule has 1 unspecified atom stereocenters. The average Bonchev–Trinajstić information content (AvgIpc) is 2.52. The van der Waals surface area contributed by atoms with Gasteiger partial charge in [0.1, 0.15) is 18.4 Å². The number of hydrogen-bond donors (Lipinski definition) is 3. The van der Waals surface area contributed by atoms with Crippen LogP contribution in [-0.2, 0) is 14.9 Å². The van der Waals surface area contributed by atoms with Gasteiger partial charge in [0, 0.05) is 0 Å². The molecule has 0 aromatic carbocycles. The van der Waals surface area contributed by atoms with Crippen molar-refractivity contribution in [2.45, 2.75) is 77.2 Å². The first-order valence-corrected chi connectivity index (χ1v) is 13.2. The van der Waals surface area contributed by atoms with E-state index in [4.69, 9.17) is 9.66 Å². The number of carboxylic acid groups (broad SMARTS) is 1. The van der Waals surface area contributed by atoms with Crippen LogP contribution < -0.4 is 0 Å². The van der Waals surface area contributed by atoms with Crippen LogP contribution in [0.4, 0.5) is 0 Å². The lowest BCUT2D eigenvalue weighted by molar-refractivity contribution is -0.893. The fourth-order valence-corrected chi connectivity index (χ4v) is 3.98. The van der Waals surface area contributed by atoms with Gasteiger partial charge in [0.25, 0.3) is 10.1 Å². The van der Waals surface area contributed by atoms with Gasteiger partial charge >= 0.3 is 5.97 Å². The highest BCUT2D eigenvalue weighted by Gasteiger charge is 2.23. The minimum Gasteiger partial charge on any atom is -0.477 e. The fraction of sp³-hybridized carbons (Fsp3) is 0.955. The molecule has 0 saturated carbocycles. The van der Waals surface area contributed by atoms with Gasteiger partial charge in [-0.05, 0) is 12.8 Å². The van der Waals surface area contributed by atoms with Gasteiger partial charge in [-0.1, -0.05) is 58.3 Å². The molecule has 0 rings (SSSR count). The average molecular weight is 471 g/mol. The molecule has 0 amide bonds.